The third-order valence-corrected chi connectivity index (χ3v) is 3.81. The molecule has 0 saturated heterocycles. The summed E-state index contributed by atoms with van der Waals surface area (Å²) in [6, 6.07) is 0. The summed E-state index contributed by atoms with van der Waals surface area (Å²) in [6.07, 6.45) is 1.43. The summed E-state index contributed by atoms with van der Waals surface area (Å²) < 4.78 is 0. The van der Waals surface area contributed by atoms with Crippen LogP contribution in [0.5, 0.6) is 0 Å². The third-order valence-electron chi connectivity index (χ3n) is 3.81. The van der Waals surface area contributed by atoms with Crippen molar-refractivity contribution >= 4 is 0 Å². The zero-order chi connectivity index (χ0) is 6.59. The highest BCUT2D eigenvalue weighted by Gasteiger charge is 2.64. The lowest BCUT2D eigenvalue weighted by atomic mass is 9.77. The van der Waals surface area contributed by atoms with E-state index in [1.807, 2.05) is 0 Å². The highest BCUT2D eigenvalue weighted by atomic mass is 14.7. The Morgan fingerprint density at radius 2 is 1.44 bits per heavy atom. The zero-order valence-electron chi connectivity index (χ0n) is 6.59. The van der Waals surface area contributed by atoms with E-state index < -0.39 is 0 Å². The van der Waals surface area contributed by atoms with Gasteiger partial charge in [-0.05, 0) is 29.6 Å². The van der Waals surface area contributed by atoms with Gasteiger partial charge < -0.3 is 0 Å². The van der Waals surface area contributed by atoms with E-state index in [1.54, 1.807) is 0 Å². The minimum atomic E-state index is 1.06. The maximum absolute atomic E-state index is 2.42. The van der Waals surface area contributed by atoms with Crippen molar-refractivity contribution in [3.05, 3.63) is 0 Å². The van der Waals surface area contributed by atoms with Gasteiger partial charge in [-0.25, -0.2) is 0 Å². The van der Waals surface area contributed by atoms with Crippen LogP contribution in [0.15, 0.2) is 0 Å². The molecule has 0 N–H and O–H groups in total. The summed E-state index contributed by atoms with van der Waals surface area (Å²) in [7, 11) is 0. The van der Waals surface area contributed by atoms with Crippen molar-refractivity contribution in [2.45, 2.75) is 27.2 Å². The van der Waals surface area contributed by atoms with Crippen molar-refractivity contribution < 1.29 is 0 Å². The van der Waals surface area contributed by atoms with Crippen LogP contribution in [-0.4, -0.2) is 0 Å². The maximum Gasteiger partial charge on any atom is -0.0321 e. The van der Waals surface area contributed by atoms with Crippen LogP contribution in [0.25, 0.3) is 0 Å². The SMILES string of the molecule is CCC1C2C(C)C(C)C12. The van der Waals surface area contributed by atoms with Crippen LogP contribution in [0.1, 0.15) is 27.2 Å². The molecule has 0 radical (unpaired) electrons. The highest BCUT2D eigenvalue weighted by molar-refractivity contribution is 5.11. The van der Waals surface area contributed by atoms with Crippen molar-refractivity contribution in [3.63, 3.8) is 0 Å². The molecule has 0 heteroatoms. The summed E-state index contributed by atoms with van der Waals surface area (Å²) >= 11 is 0. The number of fused-ring (bicyclic) bond motifs is 1. The average molecular weight is 124 g/mol. The molecule has 0 bridgehead atoms. The van der Waals surface area contributed by atoms with Crippen LogP contribution in [0, 0.1) is 29.6 Å². The maximum atomic E-state index is 2.42. The number of hydrogen-bond donors (Lipinski definition) is 0. The van der Waals surface area contributed by atoms with Crippen molar-refractivity contribution in [2.24, 2.45) is 29.6 Å². The molecular formula is C9H16. The predicted molar refractivity (Wildman–Crippen MR) is 39.1 cm³/mol. The lowest BCUT2D eigenvalue weighted by Crippen LogP contribution is -2.23. The Kier molecular flexibility index (Phi) is 0.980. The average Bonchev–Trinajstić information content (AvgIpc) is 2.57. The molecule has 2 rings (SSSR count). The van der Waals surface area contributed by atoms with Crippen LogP contribution >= 0.6 is 0 Å². The van der Waals surface area contributed by atoms with Crippen LogP contribution in [0.4, 0.5) is 0 Å². The van der Waals surface area contributed by atoms with Gasteiger partial charge >= 0.3 is 0 Å². The minimum Gasteiger partial charge on any atom is -0.0651 e. The topological polar surface area (TPSA) is 0 Å². The van der Waals surface area contributed by atoms with E-state index in [0.717, 1.165) is 29.6 Å². The molecule has 0 aromatic carbocycles. The standard InChI is InChI=1S/C9H16/c1-4-7-8-5(2)6(3)9(7)8/h5-9H,4H2,1-3H3. The van der Waals surface area contributed by atoms with Gasteiger partial charge in [0.15, 0.2) is 0 Å². The van der Waals surface area contributed by atoms with Gasteiger partial charge in [-0.15, -0.1) is 0 Å². The summed E-state index contributed by atoms with van der Waals surface area (Å²) in [6.45, 7) is 7.17. The van der Waals surface area contributed by atoms with Gasteiger partial charge in [0.2, 0.25) is 0 Å². The molecule has 4 atom stereocenters. The van der Waals surface area contributed by atoms with Crippen LogP contribution < -0.4 is 0 Å². The molecule has 0 nitrogen and oxygen atoms in total. The first-order valence-electron chi connectivity index (χ1n) is 4.27. The molecule has 2 saturated carbocycles. The molecular weight excluding hydrogens is 108 g/mol. The highest BCUT2D eigenvalue weighted by Crippen LogP contribution is 2.68. The van der Waals surface area contributed by atoms with E-state index in [2.05, 4.69) is 20.8 Å². The molecule has 0 amide bonds. The molecule has 0 heterocycles. The molecule has 0 aliphatic heterocycles. The second-order valence-corrected chi connectivity index (χ2v) is 3.95. The Hall–Kier alpha value is 0. The van der Waals surface area contributed by atoms with Crippen molar-refractivity contribution in [2.75, 3.05) is 0 Å². The van der Waals surface area contributed by atoms with Gasteiger partial charge in [-0.2, -0.15) is 0 Å². The van der Waals surface area contributed by atoms with Crippen LogP contribution in [-0.2, 0) is 0 Å². The van der Waals surface area contributed by atoms with Crippen LogP contribution in [0.2, 0.25) is 0 Å². The first-order chi connectivity index (χ1) is 4.27. The fourth-order valence-electron chi connectivity index (χ4n) is 3.01. The largest absolute Gasteiger partial charge is 0.0651 e. The Bertz CT molecular complexity index is 107. The molecule has 0 aromatic heterocycles. The third kappa shape index (κ3) is 0.500. The molecule has 2 fully saturated rings. The second kappa shape index (κ2) is 1.53. The van der Waals surface area contributed by atoms with E-state index in [9.17, 15) is 0 Å². The molecule has 0 spiro atoms. The minimum absolute atomic E-state index is 1.06. The smallest absolute Gasteiger partial charge is 0.0321 e. The molecule has 2 aliphatic carbocycles. The first kappa shape index (κ1) is 5.76. The van der Waals surface area contributed by atoms with E-state index in [1.165, 1.54) is 6.42 Å². The molecule has 2 aliphatic rings. The lowest BCUT2D eigenvalue weighted by Gasteiger charge is -2.28. The van der Waals surface area contributed by atoms with E-state index in [0.29, 0.717) is 0 Å². The lowest BCUT2D eigenvalue weighted by molar-refractivity contribution is 0.195. The first-order valence-corrected chi connectivity index (χ1v) is 4.27. The van der Waals surface area contributed by atoms with E-state index in [4.69, 9.17) is 0 Å². The summed E-state index contributed by atoms with van der Waals surface area (Å²) in [5.41, 5.74) is 0. The molecule has 4 unspecified atom stereocenters. The van der Waals surface area contributed by atoms with E-state index >= 15 is 0 Å². The van der Waals surface area contributed by atoms with E-state index in [-0.39, 0.29) is 0 Å². The summed E-state index contributed by atoms with van der Waals surface area (Å²) in [5, 5.41) is 0. The molecule has 52 valence electrons. The fourth-order valence-corrected chi connectivity index (χ4v) is 3.01. The fraction of sp³-hybridized carbons (Fsp3) is 1.00. The summed E-state index contributed by atoms with van der Waals surface area (Å²) in [5.74, 6) is 5.56. The van der Waals surface area contributed by atoms with Crippen molar-refractivity contribution in [1.29, 1.82) is 0 Å². The monoisotopic (exact) mass is 124 g/mol. The number of rotatable bonds is 1. The summed E-state index contributed by atoms with van der Waals surface area (Å²) in [4.78, 5) is 0. The Morgan fingerprint density at radius 1 is 1.00 bits per heavy atom. The normalized spacial score (nSPS) is 62.3. The van der Waals surface area contributed by atoms with Crippen molar-refractivity contribution in [1.82, 2.24) is 0 Å². The van der Waals surface area contributed by atoms with Crippen LogP contribution in [0.3, 0.4) is 0 Å². The van der Waals surface area contributed by atoms with Gasteiger partial charge in [-0.3, -0.25) is 0 Å². The molecule has 0 aromatic rings. The van der Waals surface area contributed by atoms with Gasteiger partial charge in [0, 0.05) is 0 Å². The molecule has 9 heavy (non-hydrogen) atoms. The van der Waals surface area contributed by atoms with Gasteiger partial charge in [0.05, 0.1) is 0 Å². The van der Waals surface area contributed by atoms with Gasteiger partial charge in [0.25, 0.3) is 0 Å². The quantitative estimate of drug-likeness (QED) is 0.504. The van der Waals surface area contributed by atoms with Gasteiger partial charge in [0.1, 0.15) is 0 Å². The Labute approximate surface area is 57.6 Å². The Morgan fingerprint density at radius 3 is 1.67 bits per heavy atom. The van der Waals surface area contributed by atoms with Gasteiger partial charge in [-0.1, -0.05) is 27.2 Å². The van der Waals surface area contributed by atoms with Crippen molar-refractivity contribution in [3.8, 4) is 0 Å². The second-order valence-electron chi connectivity index (χ2n) is 3.95. The zero-order valence-corrected chi connectivity index (χ0v) is 6.59. The predicted octanol–water partition coefficient (Wildman–Crippen LogP) is 2.54. The Balaban J connectivity index is 1.99. The number of hydrogen-bond acceptors (Lipinski definition) is 0.